The standard InChI is InChI=1S/C20H16F2N2O5/c1-26-15-4-2-12(9-18(15)29-20(21)22)8-13(11-23)19(25)24-14-3-5-16-17(10-14)28-7-6-27-16/h2-5,8-10,20H,6-7H2,1H3,(H,24,25)/b13-8+. The molecule has 0 fully saturated rings. The summed E-state index contributed by atoms with van der Waals surface area (Å²) in [6.45, 7) is -2.20. The van der Waals surface area contributed by atoms with Crippen LogP contribution in [-0.2, 0) is 4.79 Å². The molecule has 2 aromatic carbocycles. The molecule has 150 valence electrons. The normalized spacial score (nSPS) is 12.9. The Morgan fingerprint density at radius 2 is 1.93 bits per heavy atom. The van der Waals surface area contributed by atoms with E-state index in [0.717, 1.165) is 0 Å². The van der Waals surface area contributed by atoms with Crippen molar-refractivity contribution in [3.63, 3.8) is 0 Å². The Hall–Kier alpha value is -3.80. The highest BCUT2D eigenvalue weighted by atomic mass is 19.3. The van der Waals surface area contributed by atoms with Crippen LogP contribution in [0.5, 0.6) is 23.0 Å². The van der Waals surface area contributed by atoms with Crippen molar-refractivity contribution in [2.45, 2.75) is 6.61 Å². The van der Waals surface area contributed by atoms with Crippen molar-refractivity contribution in [1.82, 2.24) is 0 Å². The Labute approximate surface area is 165 Å². The molecule has 1 aliphatic rings. The maximum Gasteiger partial charge on any atom is 0.387 e. The Morgan fingerprint density at radius 1 is 1.17 bits per heavy atom. The predicted molar refractivity (Wildman–Crippen MR) is 99.3 cm³/mol. The van der Waals surface area contributed by atoms with Gasteiger partial charge in [-0.2, -0.15) is 14.0 Å². The molecule has 1 amide bonds. The van der Waals surface area contributed by atoms with E-state index in [4.69, 9.17) is 14.2 Å². The molecule has 0 saturated heterocycles. The number of rotatable bonds is 6. The number of carbonyl (C=O) groups is 1. The first-order chi connectivity index (χ1) is 14.0. The fourth-order valence-corrected chi connectivity index (χ4v) is 2.61. The lowest BCUT2D eigenvalue weighted by Crippen LogP contribution is -2.17. The molecular formula is C20H16F2N2O5. The summed E-state index contributed by atoms with van der Waals surface area (Å²) < 4.78 is 45.3. The molecule has 1 aliphatic heterocycles. The van der Waals surface area contributed by atoms with E-state index in [1.807, 2.05) is 0 Å². The first kappa shape index (κ1) is 19.9. The molecule has 9 heteroatoms. The van der Waals surface area contributed by atoms with Gasteiger partial charge in [0.15, 0.2) is 23.0 Å². The van der Waals surface area contributed by atoms with E-state index >= 15 is 0 Å². The number of carbonyl (C=O) groups excluding carboxylic acids is 1. The second-order valence-corrected chi connectivity index (χ2v) is 5.77. The number of nitriles is 1. The van der Waals surface area contributed by atoms with Gasteiger partial charge in [0.2, 0.25) is 0 Å². The lowest BCUT2D eigenvalue weighted by Gasteiger charge is -2.18. The number of nitrogens with one attached hydrogen (secondary N) is 1. The number of nitrogens with zero attached hydrogens (tertiary/aromatic N) is 1. The highest BCUT2D eigenvalue weighted by Crippen LogP contribution is 2.33. The maximum atomic E-state index is 12.6. The van der Waals surface area contributed by atoms with Gasteiger partial charge in [-0.05, 0) is 35.9 Å². The predicted octanol–water partition coefficient (Wildman–Crippen LogP) is 3.61. The van der Waals surface area contributed by atoms with Crippen molar-refractivity contribution < 1.29 is 32.5 Å². The zero-order valence-corrected chi connectivity index (χ0v) is 15.3. The Bertz CT molecular complexity index is 985. The molecule has 0 atom stereocenters. The topological polar surface area (TPSA) is 89.8 Å². The number of hydrogen-bond acceptors (Lipinski definition) is 6. The Kier molecular flexibility index (Phi) is 6.14. The number of methoxy groups -OCH3 is 1. The number of hydrogen-bond donors (Lipinski definition) is 1. The van der Waals surface area contributed by atoms with Crippen LogP contribution in [0.1, 0.15) is 5.56 Å². The van der Waals surface area contributed by atoms with Gasteiger partial charge in [0.1, 0.15) is 24.9 Å². The monoisotopic (exact) mass is 402 g/mol. The summed E-state index contributed by atoms with van der Waals surface area (Å²) in [5.41, 5.74) is 0.500. The van der Waals surface area contributed by atoms with Gasteiger partial charge in [-0.25, -0.2) is 0 Å². The number of halogens is 2. The van der Waals surface area contributed by atoms with Gasteiger partial charge in [0, 0.05) is 11.8 Å². The molecule has 0 bridgehead atoms. The molecule has 3 rings (SSSR count). The summed E-state index contributed by atoms with van der Waals surface area (Å²) in [6, 6.07) is 10.8. The summed E-state index contributed by atoms with van der Waals surface area (Å²) in [4.78, 5) is 12.5. The molecule has 0 aliphatic carbocycles. The molecule has 0 spiro atoms. The lowest BCUT2D eigenvalue weighted by molar-refractivity contribution is -0.112. The van der Waals surface area contributed by atoms with Crippen LogP contribution in [-0.4, -0.2) is 32.8 Å². The van der Waals surface area contributed by atoms with Crippen LogP contribution in [0.25, 0.3) is 6.08 Å². The lowest BCUT2D eigenvalue weighted by atomic mass is 10.1. The van der Waals surface area contributed by atoms with E-state index < -0.39 is 12.5 Å². The second-order valence-electron chi connectivity index (χ2n) is 5.77. The van der Waals surface area contributed by atoms with Gasteiger partial charge >= 0.3 is 6.61 Å². The molecule has 0 unspecified atom stereocenters. The number of ether oxygens (including phenoxy) is 4. The van der Waals surface area contributed by atoms with E-state index in [1.54, 1.807) is 24.3 Å². The summed E-state index contributed by atoms with van der Waals surface area (Å²) >= 11 is 0. The van der Waals surface area contributed by atoms with Gasteiger partial charge in [-0.15, -0.1) is 0 Å². The van der Waals surface area contributed by atoms with Crippen molar-refractivity contribution >= 4 is 17.7 Å². The van der Waals surface area contributed by atoms with Crippen LogP contribution in [0.4, 0.5) is 14.5 Å². The molecule has 29 heavy (non-hydrogen) atoms. The molecule has 2 aromatic rings. The average Bonchev–Trinajstić information content (AvgIpc) is 2.71. The van der Waals surface area contributed by atoms with Crippen LogP contribution in [0, 0.1) is 11.3 Å². The van der Waals surface area contributed by atoms with Gasteiger partial charge in [0.25, 0.3) is 5.91 Å². The van der Waals surface area contributed by atoms with Crippen LogP contribution in [0.15, 0.2) is 42.0 Å². The minimum atomic E-state index is -3.04. The molecule has 0 aromatic heterocycles. The first-order valence-electron chi connectivity index (χ1n) is 8.46. The molecular weight excluding hydrogens is 386 g/mol. The zero-order chi connectivity index (χ0) is 20.8. The number of fused-ring (bicyclic) bond motifs is 1. The number of anilines is 1. The highest BCUT2D eigenvalue weighted by Gasteiger charge is 2.16. The molecule has 7 nitrogen and oxygen atoms in total. The van der Waals surface area contributed by atoms with Crippen LogP contribution < -0.4 is 24.3 Å². The highest BCUT2D eigenvalue weighted by molar-refractivity contribution is 6.09. The fraction of sp³-hybridized carbons (Fsp3) is 0.200. The van der Waals surface area contributed by atoms with Gasteiger partial charge in [-0.1, -0.05) is 6.07 Å². The van der Waals surface area contributed by atoms with Crippen molar-refractivity contribution in [2.75, 3.05) is 25.6 Å². The van der Waals surface area contributed by atoms with Gasteiger partial charge in [-0.3, -0.25) is 4.79 Å². The minimum Gasteiger partial charge on any atom is -0.493 e. The minimum absolute atomic E-state index is 0.0988. The average molecular weight is 402 g/mol. The molecule has 1 heterocycles. The van der Waals surface area contributed by atoms with Crippen LogP contribution in [0.2, 0.25) is 0 Å². The van der Waals surface area contributed by atoms with Crippen LogP contribution >= 0.6 is 0 Å². The summed E-state index contributed by atoms with van der Waals surface area (Å²) in [6.07, 6.45) is 1.26. The first-order valence-corrected chi connectivity index (χ1v) is 8.46. The Morgan fingerprint density at radius 3 is 2.62 bits per heavy atom. The SMILES string of the molecule is COc1ccc(/C=C(\C#N)C(=O)Nc2ccc3c(c2)OCCO3)cc1OC(F)F. The van der Waals surface area contributed by atoms with Crippen molar-refractivity contribution in [3.8, 4) is 29.1 Å². The van der Waals surface area contributed by atoms with Gasteiger partial charge < -0.3 is 24.3 Å². The second kappa shape index (κ2) is 8.93. The number of benzene rings is 2. The molecule has 1 N–H and O–H groups in total. The number of amides is 1. The fourth-order valence-electron chi connectivity index (χ4n) is 2.61. The third-order valence-electron chi connectivity index (χ3n) is 3.88. The third-order valence-corrected chi connectivity index (χ3v) is 3.88. The van der Waals surface area contributed by atoms with Crippen molar-refractivity contribution in [1.29, 1.82) is 5.26 Å². The van der Waals surface area contributed by atoms with Gasteiger partial charge in [0.05, 0.1) is 7.11 Å². The summed E-state index contributed by atoms with van der Waals surface area (Å²) in [7, 11) is 1.31. The van der Waals surface area contributed by atoms with Crippen molar-refractivity contribution in [3.05, 3.63) is 47.5 Å². The quantitative estimate of drug-likeness (QED) is 0.586. The van der Waals surface area contributed by atoms with E-state index in [9.17, 15) is 18.8 Å². The third kappa shape index (κ3) is 4.93. The largest absolute Gasteiger partial charge is 0.493 e. The zero-order valence-electron chi connectivity index (χ0n) is 15.3. The molecule has 0 saturated carbocycles. The van der Waals surface area contributed by atoms with E-state index in [0.29, 0.717) is 36.0 Å². The van der Waals surface area contributed by atoms with Crippen molar-refractivity contribution in [2.24, 2.45) is 0 Å². The summed E-state index contributed by atoms with van der Waals surface area (Å²) in [5.74, 6) is 0.273. The maximum absolute atomic E-state index is 12.6. The Balaban J connectivity index is 1.80. The number of alkyl halides is 2. The smallest absolute Gasteiger partial charge is 0.387 e. The van der Waals surface area contributed by atoms with Crippen LogP contribution in [0.3, 0.4) is 0 Å². The van der Waals surface area contributed by atoms with E-state index in [2.05, 4.69) is 10.1 Å². The molecule has 0 radical (unpaired) electrons. The van der Waals surface area contributed by atoms with E-state index in [1.165, 1.54) is 31.4 Å². The summed E-state index contributed by atoms with van der Waals surface area (Å²) in [5, 5.41) is 11.9. The van der Waals surface area contributed by atoms with E-state index in [-0.39, 0.29) is 17.1 Å².